The van der Waals surface area contributed by atoms with Gasteiger partial charge in [-0.2, -0.15) is 0 Å². The van der Waals surface area contributed by atoms with Gasteiger partial charge in [-0.05, 0) is 37.6 Å². The molecule has 2 aromatic rings. The topological polar surface area (TPSA) is 64.4 Å². The van der Waals surface area contributed by atoms with Crippen LogP contribution in [-0.2, 0) is 0 Å². The van der Waals surface area contributed by atoms with E-state index < -0.39 is 6.09 Å². The molecule has 1 aromatic carbocycles. The van der Waals surface area contributed by atoms with Crippen LogP contribution in [0.25, 0.3) is 0 Å². The molecule has 0 spiro atoms. The zero-order valence-corrected chi connectivity index (χ0v) is 10.8. The molecule has 0 aliphatic carbocycles. The van der Waals surface area contributed by atoms with Crippen molar-refractivity contribution in [2.45, 2.75) is 20.8 Å². The van der Waals surface area contributed by atoms with Crippen LogP contribution >= 0.6 is 0 Å². The summed E-state index contributed by atoms with van der Waals surface area (Å²) in [5.41, 5.74) is 1.38. The number of benzene rings is 1. The van der Waals surface area contributed by atoms with Crippen molar-refractivity contribution in [3.05, 3.63) is 41.0 Å². The van der Waals surface area contributed by atoms with Crippen LogP contribution in [-0.4, -0.2) is 11.2 Å². The summed E-state index contributed by atoms with van der Waals surface area (Å²) < 4.78 is 23.0. The second-order valence-electron chi connectivity index (χ2n) is 4.13. The Balaban J connectivity index is 2.07. The molecule has 0 saturated carbocycles. The summed E-state index contributed by atoms with van der Waals surface area (Å²) in [4.78, 5) is 11.7. The fourth-order valence-electron chi connectivity index (χ4n) is 1.58. The Morgan fingerprint density at radius 2 is 2.11 bits per heavy atom. The third-order valence-corrected chi connectivity index (χ3v) is 2.57. The number of carbonyl (C=O) groups excluding carboxylic acids is 1. The van der Waals surface area contributed by atoms with E-state index >= 15 is 0 Å². The highest BCUT2D eigenvalue weighted by Gasteiger charge is 2.15. The highest BCUT2D eigenvalue weighted by molar-refractivity contribution is 5.86. The maximum Gasteiger partial charge on any atom is 0.417 e. The molecule has 1 heterocycles. The van der Waals surface area contributed by atoms with Gasteiger partial charge in [-0.1, -0.05) is 5.16 Å². The second kappa shape index (κ2) is 5.09. The number of rotatable bonds is 2. The van der Waals surface area contributed by atoms with Crippen molar-refractivity contribution in [2.75, 3.05) is 5.32 Å². The molecule has 1 N–H and O–H groups in total. The van der Waals surface area contributed by atoms with Crippen molar-refractivity contribution in [1.29, 1.82) is 0 Å². The molecule has 0 unspecified atom stereocenters. The third-order valence-electron chi connectivity index (χ3n) is 2.57. The predicted molar refractivity (Wildman–Crippen MR) is 66.8 cm³/mol. The number of nitrogens with one attached hydrogen (secondary N) is 1. The lowest BCUT2D eigenvalue weighted by atomic mass is 10.2. The lowest BCUT2D eigenvalue weighted by Gasteiger charge is -2.07. The monoisotopic (exact) mass is 264 g/mol. The summed E-state index contributed by atoms with van der Waals surface area (Å²) in [6, 6.07) is 4.25. The van der Waals surface area contributed by atoms with Crippen molar-refractivity contribution in [1.82, 2.24) is 5.16 Å². The Morgan fingerprint density at radius 3 is 2.68 bits per heavy atom. The van der Waals surface area contributed by atoms with Crippen molar-refractivity contribution in [3.63, 3.8) is 0 Å². The molecule has 5 nitrogen and oxygen atoms in total. The number of hydrogen-bond acceptors (Lipinski definition) is 4. The predicted octanol–water partition coefficient (Wildman–Crippen LogP) is 3.35. The van der Waals surface area contributed by atoms with Gasteiger partial charge in [-0.15, -0.1) is 0 Å². The number of hydrogen-bond donors (Lipinski definition) is 1. The lowest BCUT2D eigenvalue weighted by molar-refractivity contribution is 0.214. The van der Waals surface area contributed by atoms with E-state index in [1.807, 2.05) is 0 Å². The minimum absolute atomic E-state index is 0.288. The van der Waals surface area contributed by atoms with Gasteiger partial charge in [0.25, 0.3) is 0 Å². The van der Waals surface area contributed by atoms with Crippen LogP contribution in [0, 0.1) is 26.6 Å². The number of aromatic nitrogens is 1. The smallest absolute Gasteiger partial charge is 0.404 e. The van der Waals surface area contributed by atoms with Crippen LogP contribution in [0.2, 0.25) is 0 Å². The van der Waals surface area contributed by atoms with Gasteiger partial charge in [-0.25, -0.2) is 9.18 Å². The third kappa shape index (κ3) is 2.90. The minimum atomic E-state index is -0.680. The first-order valence-corrected chi connectivity index (χ1v) is 5.65. The normalized spacial score (nSPS) is 10.3. The average molecular weight is 264 g/mol. The summed E-state index contributed by atoms with van der Waals surface area (Å²) >= 11 is 0. The van der Waals surface area contributed by atoms with E-state index in [-0.39, 0.29) is 11.6 Å². The fraction of sp³-hybridized carbons (Fsp3) is 0.231. The highest BCUT2D eigenvalue weighted by atomic mass is 19.1. The molecule has 0 aliphatic heterocycles. The van der Waals surface area contributed by atoms with Crippen LogP contribution in [0.1, 0.15) is 17.0 Å². The van der Waals surface area contributed by atoms with Gasteiger partial charge in [0.2, 0.25) is 0 Å². The van der Waals surface area contributed by atoms with Crippen LogP contribution in [0.4, 0.5) is 14.9 Å². The van der Waals surface area contributed by atoms with Crippen LogP contribution in [0.15, 0.2) is 22.7 Å². The highest BCUT2D eigenvalue weighted by Crippen LogP contribution is 2.22. The Hall–Kier alpha value is -2.37. The second-order valence-corrected chi connectivity index (χ2v) is 4.13. The number of amides is 1. The maximum atomic E-state index is 13.1. The first-order valence-electron chi connectivity index (χ1n) is 5.65. The summed E-state index contributed by atoms with van der Waals surface area (Å²) in [5.74, 6) is 0.379. The van der Waals surface area contributed by atoms with Crippen LogP contribution < -0.4 is 10.1 Å². The minimum Gasteiger partial charge on any atom is -0.404 e. The maximum absolute atomic E-state index is 13.1. The number of aryl methyl sites for hydroxylation is 3. The molecule has 0 saturated heterocycles. The van der Waals surface area contributed by atoms with E-state index in [9.17, 15) is 9.18 Å². The fourth-order valence-corrected chi connectivity index (χ4v) is 1.58. The van der Waals surface area contributed by atoms with Gasteiger partial charge in [0, 0.05) is 12.6 Å². The van der Waals surface area contributed by atoms with Crippen molar-refractivity contribution in [3.8, 4) is 5.75 Å². The molecule has 19 heavy (non-hydrogen) atoms. The standard InChI is InChI=1S/C13H13FN2O3/c1-7-6-10(4-5-11(7)14)15-13(17)18-12-8(2)16-19-9(12)3/h4-6H,1-3H3,(H,15,17). The molecule has 0 fully saturated rings. The van der Waals surface area contributed by atoms with Crippen LogP contribution in [0.3, 0.4) is 0 Å². The number of ether oxygens (including phenoxy) is 1. The van der Waals surface area contributed by atoms with Crippen molar-refractivity contribution in [2.24, 2.45) is 0 Å². The molecule has 2 rings (SSSR count). The molecule has 6 heteroatoms. The Morgan fingerprint density at radius 1 is 1.37 bits per heavy atom. The van der Waals surface area contributed by atoms with Gasteiger partial charge in [0.15, 0.2) is 11.5 Å². The largest absolute Gasteiger partial charge is 0.417 e. The number of carbonyl (C=O) groups is 1. The molecular weight excluding hydrogens is 251 g/mol. The summed E-state index contributed by atoms with van der Waals surface area (Å²) in [6.45, 7) is 4.92. The summed E-state index contributed by atoms with van der Waals surface area (Å²) in [7, 11) is 0. The van der Waals surface area contributed by atoms with E-state index in [4.69, 9.17) is 9.26 Å². The van der Waals surface area contributed by atoms with Gasteiger partial charge in [0.1, 0.15) is 11.5 Å². The summed E-state index contributed by atoms with van der Waals surface area (Å²) in [5, 5.41) is 6.18. The van der Waals surface area contributed by atoms with Crippen molar-refractivity contribution >= 4 is 11.8 Å². The molecule has 100 valence electrons. The molecule has 0 aliphatic rings. The van der Waals surface area contributed by atoms with Crippen molar-refractivity contribution < 1.29 is 18.4 Å². The number of halogens is 1. The van der Waals surface area contributed by atoms with E-state index in [1.165, 1.54) is 18.2 Å². The zero-order valence-electron chi connectivity index (χ0n) is 10.8. The van der Waals surface area contributed by atoms with Gasteiger partial charge >= 0.3 is 6.09 Å². The van der Waals surface area contributed by atoms with E-state index in [2.05, 4.69) is 10.5 Å². The van der Waals surface area contributed by atoms with Crippen LogP contribution in [0.5, 0.6) is 5.75 Å². The number of anilines is 1. The summed E-state index contributed by atoms with van der Waals surface area (Å²) in [6.07, 6.45) is -0.680. The van der Waals surface area contributed by atoms with E-state index in [0.717, 1.165) is 0 Å². The molecular formula is C13H13FN2O3. The molecule has 0 radical (unpaired) electrons. The zero-order chi connectivity index (χ0) is 14.0. The molecule has 1 amide bonds. The number of nitrogens with zero attached hydrogens (tertiary/aromatic N) is 1. The molecule has 0 atom stereocenters. The average Bonchev–Trinajstić information content (AvgIpc) is 2.66. The van der Waals surface area contributed by atoms with E-state index in [1.54, 1.807) is 20.8 Å². The first kappa shape index (κ1) is 13.1. The van der Waals surface area contributed by atoms with Gasteiger partial charge in [0.05, 0.1) is 0 Å². The molecule has 1 aromatic heterocycles. The first-order chi connectivity index (χ1) is 8.97. The Bertz CT molecular complexity index is 603. The van der Waals surface area contributed by atoms with Gasteiger partial charge < -0.3 is 9.26 Å². The quantitative estimate of drug-likeness (QED) is 0.903. The molecule has 0 bridgehead atoms. The SMILES string of the molecule is Cc1cc(NC(=O)Oc2c(C)noc2C)ccc1F. The Kier molecular flexibility index (Phi) is 3.50. The van der Waals surface area contributed by atoms with E-state index in [0.29, 0.717) is 22.7 Å². The lowest BCUT2D eigenvalue weighted by Crippen LogP contribution is -2.17. The Labute approximate surface area is 109 Å². The van der Waals surface area contributed by atoms with Gasteiger partial charge in [-0.3, -0.25) is 5.32 Å².